The third kappa shape index (κ3) is 13.4. The molecule has 194 valence electrons. The van der Waals surface area contributed by atoms with Gasteiger partial charge in [-0.05, 0) is 48.9 Å². The molecule has 0 saturated carbocycles. The van der Waals surface area contributed by atoms with Gasteiger partial charge in [0, 0.05) is 28.6 Å². The zero-order valence-electron chi connectivity index (χ0n) is 21.6. The Kier molecular flexibility index (Phi) is 16.3. The zero-order valence-corrected chi connectivity index (χ0v) is 24.0. The first-order valence-electron chi connectivity index (χ1n) is 11.7. The molecule has 3 N–H and O–H groups in total. The standard InChI is InChI=1S/C18H24ClN3O3S2.C4H10.C3H8/c1-18(2,11-20-3)12-22-27(24,25)16-9-8-15(26-16)10-21-17(23)13-4-6-14(19)7-5-13;1-3-4-2;1-3-2/h4-9,20,22H,10-12H2,1-3H3,(H,21,23);3-4H2,1-2H3;3H2,1-2H3. The van der Waals surface area contributed by atoms with Gasteiger partial charge in [0.2, 0.25) is 10.0 Å². The van der Waals surface area contributed by atoms with Gasteiger partial charge in [0.15, 0.2) is 0 Å². The Bertz CT molecular complexity index is 925. The minimum absolute atomic E-state index is 0.200. The van der Waals surface area contributed by atoms with Crippen LogP contribution in [0.1, 0.15) is 76.0 Å². The van der Waals surface area contributed by atoms with Gasteiger partial charge >= 0.3 is 0 Å². The summed E-state index contributed by atoms with van der Waals surface area (Å²) in [6.45, 7) is 13.9. The number of rotatable bonds is 10. The van der Waals surface area contributed by atoms with Crippen LogP contribution in [0.2, 0.25) is 5.02 Å². The predicted molar refractivity (Wildman–Crippen MR) is 146 cm³/mol. The van der Waals surface area contributed by atoms with Crippen molar-refractivity contribution in [1.29, 1.82) is 0 Å². The number of hydrogen-bond acceptors (Lipinski definition) is 5. The average Bonchev–Trinajstić information content (AvgIpc) is 3.28. The lowest BCUT2D eigenvalue weighted by Gasteiger charge is -2.24. The fourth-order valence-electron chi connectivity index (χ4n) is 2.37. The van der Waals surface area contributed by atoms with Gasteiger partial charge in [-0.3, -0.25) is 4.79 Å². The van der Waals surface area contributed by atoms with Crippen LogP contribution in [0.5, 0.6) is 0 Å². The van der Waals surface area contributed by atoms with Gasteiger partial charge in [-0.2, -0.15) is 0 Å². The second kappa shape index (κ2) is 17.1. The molecular formula is C25H42ClN3O3S2. The highest BCUT2D eigenvalue weighted by molar-refractivity contribution is 7.91. The summed E-state index contributed by atoms with van der Waals surface area (Å²) in [7, 11) is -1.74. The van der Waals surface area contributed by atoms with Crippen LogP contribution >= 0.6 is 22.9 Å². The molecule has 0 saturated heterocycles. The number of nitrogens with one attached hydrogen (secondary N) is 3. The summed E-state index contributed by atoms with van der Waals surface area (Å²) in [6, 6.07) is 9.83. The topological polar surface area (TPSA) is 87.3 Å². The van der Waals surface area contributed by atoms with Crippen molar-refractivity contribution in [1.82, 2.24) is 15.4 Å². The van der Waals surface area contributed by atoms with E-state index in [1.54, 1.807) is 36.4 Å². The molecule has 6 nitrogen and oxygen atoms in total. The third-order valence-corrected chi connectivity index (χ3v) is 7.56. The summed E-state index contributed by atoms with van der Waals surface area (Å²) in [6.07, 6.45) is 3.89. The highest BCUT2D eigenvalue weighted by Crippen LogP contribution is 2.22. The van der Waals surface area contributed by atoms with Gasteiger partial charge in [0.25, 0.3) is 5.91 Å². The van der Waals surface area contributed by atoms with E-state index in [0.29, 0.717) is 23.7 Å². The zero-order chi connectivity index (χ0) is 26.2. The molecule has 0 atom stereocenters. The summed E-state index contributed by atoms with van der Waals surface area (Å²) in [5, 5.41) is 6.39. The first kappa shape index (κ1) is 32.5. The van der Waals surface area contributed by atoms with E-state index in [9.17, 15) is 13.2 Å². The SMILES string of the molecule is CCC.CCCC.CNCC(C)(C)CNS(=O)(=O)c1ccc(CNC(=O)c2ccc(Cl)cc2)s1. The average molecular weight is 532 g/mol. The van der Waals surface area contributed by atoms with E-state index >= 15 is 0 Å². The Labute approximate surface area is 215 Å². The molecule has 0 aliphatic rings. The minimum Gasteiger partial charge on any atom is -0.347 e. The summed E-state index contributed by atoms with van der Waals surface area (Å²) >= 11 is 6.95. The Morgan fingerprint density at radius 2 is 1.53 bits per heavy atom. The van der Waals surface area contributed by atoms with Crippen LogP contribution in [0.15, 0.2) is 40.6 Å². The highest BCUT2D eigenvalue weighted by Gasteiger charge is 2.23. The molecule has 0 spiro atoms. The molecule has 1 amide bonds. The lowest BCUT2D eigenvalue weighted by atomic mass is 9.94. The molecule has 1 heterocycles. The van der Waals surface area contributed by atoms with Gasteiger partial charge < -0.3 is 10.6 Å². The van der Waals surface area contributed by atoms with E-state index in [4.69, 9.17) is 11.6 Å². The van der Waals surface area contributed by atoms with E-state index < -0.39 is 10.0 Å². The van der Waals surface area contributed by atoms with Crippen molar-refractivity contribution in [2.45, 2.75) is 71.6 Å². The molecule has 0 radical (unpaired) electrons. The smallest absolute Gasteiger partial charge is 0.251 e. The van der Waals surface area contributed by atoms with Gasteiger partial charge in [0.1, 0.15) is 4.21 Å². The van der Waals surface area contributed by atoms with Crippen molar-refractivity contribution < 1.29 is 13.2 Å². The minimum atomic E-state index is -3.57. The maximum Gasteiger partial charge on any atom is 0.251 e. The van der Waals surface area contributed by atoms with E-state index in [2.05, 4.69) is 43.1 Å². The van der Waals surface area contributed by atoms with Crippen molar-refractivity contribution in [3.63, 3.8) is 0 Å². The fraction of sp³-hybridized carbons (Fsp3) is 0.560. The van der Waals surface area contributed by atoms with Gasteiger partial charge in [-0.1, -0.05) is 72.4 Å². The van der Waals surface area contributed by atoms with Gasteiger partial charge in [-0.25, -0.2) is 13.1 Å². The van der Waals surface area contributed by atoms with Crippen LogP contribution in [0.25, 0.3) is 0 Å². The van der Waals surface area contributed by atoms with Crippen LogP contribution < -0.4 is 15.4 Å². The summed E-state index contributed by atoms with van der Waals surface area (Å²) in [5.74, 6) is -0.239. The molecule has 2 rings (SSSR count). The maximum absolute atomic E-state index is 12.5. The van der Waals surface area contributed by atoms with Crippen LogP contribution in [0.3, 0.4) is 0 Å². The number of carbonyl (C=O) groups is 1. The number of halogens is 1. The van der Waals surface area contributed by atoms with Crippen molar-refractivity contribution >= 4 is 38.9 Å². The molecule has 34 heavy (non-hydrogen) atoms. The normalized spacial score (nSPS) is 11.1. The lowest BCUT2D eigenvalue weighted by molar-refractivity contribution is 0.0951. The molecule has 1 aromatic heterocycles. The van der Waals surface area contributed by atoms with Crippen molar-refractivity contribution in [2.75, 3.05) is 20.1 Å². The molecule has 0 bridgehead atoms. The van der Waals surface area contributed by atoms with Gasteiger partial charge in [-0.15, -0.1) is 11.3 Å². The largest absolute Gasteiger partial charge is 0.347 e. The maximum atomic E-state index is 12.5. The summed E-state index contributed by atoms with van der Waals surface area (Å²) < 4.78 is 27.8. The Morgan fingerprint density at radius 1 is 0.971 bits per heavy atom. The monoisotopic (exact) mass is 531 g/mol. The molecule has 1 aromatic carbocycles. The third-order valence-electron chi connectivity index (χ3n) is 4.33. The number of sulfonamides is 1. The number of unbranched alkanes of at least 4 members (excludes halogenated alkanes) is 1. The van der Waals surface area contributed by atoms with E-state index in [1.807, 2.05) is 20.9 Å². The quantitative estimate of drug-likeness (QED) is 0.347. The van der Waals surface area contributed by atoms with Crippen LogP contribution in [0.4, 0.5) is 0 Å². The number of hydrogen-bond donors (Lipinski definition) is 3. The van der Waals surface area contributed by atoms with Crippen LogP contribution in [-0.4, -0.2) is 34.5 Å². The predicted octanol–water partition coefficient (Wildman–Crippen LogP) is 6.08. The summed E-state index contributed by atoms with van der Waals surface area (Å²) in [5.41, 5.74) is 0.298. The Morgan fingerprint density at radius 3 is 2.03 bits per heavy atom. The molecule has 9 heteroatoms. The first-order chi connectivity index (χ1) is 16.0. The Hall–Kier alpha value is -1.45. The van der Waals surface area contributed by atoms with Crippen LogP contribution in [0, 0.1) is 5.41 Å². The number of benzene rings is 1. The number of carbonyl (C=O) groups excluding carboxylic acids is 1. The number of amides is 1. The molecule has 2 aromatic rings. The highest BCUT2D eigenvalue weighted by atomic mass is 35.5. The molecule has 0 unspecified atom stereocenters. The lowest BCUT2D eigenvalue weighted by Crippen LogP contribution is -2.39. The number of thiophene rings is 1. The van der Waals surface area contributed by atoms with E-state index in [-0.39, 0.29) is 22.1 Å². The first-order valence-corrected chi connectivity index (χ1v) is 14.4. The van der Waals surface area contributed by atoms with Crippen molar-refractivity contribution in [2.24, 2.45) is 5.41 Å². The van der Waals surface area contributed by atoms with Crippen LogP contribution in [-0.2, 0) is 16.6 Å². The summed E-state index contributed by atoms with van der Waals surface area (Å²) in [4.78, 5) is 12.9. The molecular weight excluding hydrogens is 490 g/mol. The van der Waals surface area contributed by atoms with Crippen molar-refractivity contribution in [3.8, 4) is 0 Å². The second-order valence-corrected chi connectivity index (χ2v) is 12.2. The Balaban J connectivity index is 0.00000137. The van der Waals surface area contributed by atoms with Crippen molar-refractivity contribution in [3.05, 3.63) is 51.9 Å². The molecule has 0 aliphatic carbocycles. The van der Waals surface area contributed by atoms with Gasteiger partial charge in [0.05, 0.1) is 6.54 Å². The molecule has 0 aliphatic heterocycles. The molecule has 0 fully saturated rings. The second-order valence-electron chi connectivity index (χ2n) is 8.64. The van der Waals surface area contributed by atoms with E-state index in [0.717, 1.165) is 16.2 Å². The fourth-order valence-corrected chi connectivity index (χ4v) is 5.08. The van der Waals surface area contributed by atoms with E-state index in [1.165, 1.54) is 19.3 Å².